The van der Waals surface area contributed by atoms with Crippen molar-refractivity contribution in [2.75, 3.05) is 5.32 Å². The molecule has 0 aliphatic rings. The average molecular weight is 250 g/mol. The van der Waals surface area contributed by atoms with Crippen molar-refractivity contribution in [3.8, 4) is 0 Å². The first kappa shape index (κ1) is 11.6. The third-order valence-electron chi connectivity index (χ3n) is 3.03. The summed E-state index contributed by atoms with van der Waals surface area (Å²) in [5.74, 6) is 0.798. The Balaban J connectivity index is 2.06. The van der Waals surface area contributed by atoms with E-state index in [-0.39, 0.29) is 0 Å². The van der Waals surface area contributed by atoms with Crippen LogP contribution in [0.25, 0.3) is 10.9 Å². The molecule has 1 heterocycles. The number of rotatable bonds is 3. The molecule has 3 aromatic rings. The molecule has 0 radical (unpaired) electrons. The first-order valence-electron chi connectivity index (χ1n) is 6.13. The Morgan fingerprint density at radius 2 is 1.74 bits per heavy atom. The summed E-state index contributed by atoms with van der Waals surface area (Å²) in [5, 5.41) is 4.33. The van der Waals surface area contributed by atoms with Gasteiger partial charge in [-0.15, -0.1) is 0 Å². The monoisotopic (exact) mass is 250 g/mol. The van der Waals surface area contributed by atoms with Gasteiger partial charge in [-0.2, -0.15) is 0 Å². The van der Waals surface area contributed by atoms with Gasteiger partial charge >= 0.3 is 0 Å². The number of hydrogen-bond acceptors (Lipinski definition) is 4. The van der Waals surface area contributed by atoms with Crippen LogP contribution in [0.2, 0.25) is 0 Å². The molecular formula is C15H14N4. The van der Waals surface area contributed by atoms with Crippen molar-refractivity contribution in [2.24, 2.45) is 5.73 Å². The number of para-hydroxylation sites is 2. The maximum atomic E-state index is 5.74. The standard InChI is InChI=1S/C15H14N4/c16-9-11-5-1-3-7-13(11)19-15-12-6-2-4-8-14(12)17-10-18-15/h1-8,10H,9,16H2,(H,17,18,19). The molecule has 3 rings (SSSR count). The van der Waals surface area contributed by atoms with E-state index in [4.69, 9.17) is 5.73 Å². The quantitative estimate of drug-likeness (QED) is 0.750. The Bertz CT molecular complexity index is 704. The van der Waals surface area contributed by atoms with Crippen LogP contribution in [0.15, 0.2) is 54.9 Å². The van der Waals surface area contributed by atoms with E-state index >= 15 is 0 Å². The van der Waals surface area contributed by atoms with Crippen molar-refractivity contribution in [3.63, 3.8) is 0 Å². The lowest BCUT2D eigenvalue weighted by Gasteiger charge is -2.11. The van der Waals surface area contributed by atoms with Gasteiger partial charge in [-0.3, -0.25) is 0 Å². The highest BCUT2D eigenvalue weighted by atomic mass is 15.0. The van der Waals surface area contributed by atoms with Gasteiger partial charge in [0, 0.05) is 17.6 Å². The van der Waals surface area contributed by atoms with E-state index < -0.39 is 0 Å². The van der Waals surface area contributed by atoms with Gasteiger partial charge in [0.25, 0.3) is 0 Å². The molecule has 1 aromatic heterocycles. The molecule has 94 valence electrons. The molecule has 0 fully saturated rings. The van der Waals surface area contributed by atoms with Crippen LogP contribution in [0.3, 0.4) is 0 Å². The average Bonchev–Trinajstić information content (AvgIpc) is 2.48. The van der Waals surface area contributed by atoms with Gasteiger partial charge in [0.1, 0.15) is 12.1 Å². The zero-order valence-electron chi connectivity index (χ0n) is 10.4. The zero-order chi connectivity index (χ0) is 13.1. The lowest BCUT2D eigenvalue weighted by Crippen LogP contribution is -2.03. The van der Waals surface area contributed by atoms with Gasteiger partial charge in [0.05, 0.1) is 5.52 Å². The topological polar surface area (TPSA) is 63.8 Å². The van der Waals surface area contributed by atoms with Gasteiger partial charge in [0.2, 0.25) is 0 Å². The van der Waals surface area contributed by atoms with Crippen LogP contribution < -0.4 is 11.1 Å². The lowest BCUT2D eigenvalue weighted by molar-refractivity contribution is 1.07. The van der Waals surface area contributed by atoms with Crippen molar-refractivity contribution >= 4 is 22.4 Å². The van der Waals surface area contributed by atoms with Gasteiger partial charge < -0.3 is 11.1 Å². The van der Waals surface area contributed by atoms with E-state index in [0.717, 1.165) is 28.0 Å². The molecule has 19 heavy (non-hydrogen) atoms. The third-order valence-corrected chi connectivity index (χ3v) is 3.03. The largest absolute Gasteiger partial charge is 0.339 e. The predicted molar refractivity (Wildman–Crippen MR) is 77.2 cm³/mol. The SMILES string of the molecule is NCc1ccccc1Nc1ncnc2ccccc12. The zero-order valence-corrected chi connectivity index (χ0v) is 10.4. The molecule has 3 N–H and O–H groups in total. The van der Waals surface area contributed by atoms with E-state index in [0.29, 0.717) is 6.54 Å². The number of aromatic nitrogens is 2. The summed E-state index contributed by atoms with van der Waals surface area (Å²) in [7, 11) is 0. The molecule has 0 bridgehead atoms. The molecule has 0 saturated carbocycles. The fourth-order valence-corrected chi connectivity index (χ4v) is 2.05. The van der Waals surface area contributed by atoms with Crippen molar-refractivity contribution < 1.29 is 0 Å². The molecule has 2 aromatic carbocycles. The maximum Gasteiger partial charge on any atom is 0.141 e. The van der Waals surface area contributed by atoms with Crippen LogP contribution in [0.1, 0.15) is 5.56 Å². The third kappa shape index (κ3) is 2.26. The Morgan fingerprint density at radius 3 is 2.63 bits per heavy atom. The van der Waals surface area contributed by atoms with Gasteiger partial charge in [-0.1, -0.05) is 30.3 Å². The number of nitrogens with two attached hydrogens (primary N) is 1. The van der Waals surface area contributed by atoms with Crippen molar-refractivity contribution in [1.29, 1.82) is 0 Å². The Labute approximate surface area is 111 Å². The van der Waals surface area contributed by atoms with Crippen LogP contribution >= 0.6 is 0 Å². The Kier molecular flexibility index (Phi) is 3.08. The number of anilines is 2. The second kappa shape index (κ2) is 5.04. The number of nitrogens with one attached hydrogen (secondary N) is 1. The minimum Gasteiger partial charge on any atom is -0.339 e. The van der Waals surface area contributed by atoms with E-state index in [1.807, 2.05) is 48.5 Å². The van der Waals surface area contributed by atoms with Crippen LogP contribution in [0.5, 0.6) is 0 Å². The molecule has 0 aliphatic carbocycles. The second-order valence-electron chi connectivity index (χ2n) is 4.23. The minimum absolute atomic E-state index is 0.492. The summed E-state index contributed by atoms with van der Waals surface area (Å²) in [5.41, 5.74) is 8.71. The summed E-state index contributed by atoms with van der Waals surface area (Å²) in [6, 6.07) is 15.9. The predicted octanol–water partition coefficient (Wildman–Crippen LogP) is 2.83. The molecule has 0 amide bonds. The maximum absolute atomic E-state index is 5.74. The number of hydrogen-bond donors (Lipinski definition) is 2. The molecule has 0 aliphatic heterocycles. The molecule has 0 spiro atoms. The summed E-state index contributed by atoms with van der Waals surface area (Å²) in [4.78, 5) is 8.56. The first-order valence-corrected chi connectivity index (χ1v) is 6.13. The molecule has 4 heteroatoms. The highest BCUT2D eigenvalue weighted by Crippen LogP contribution is 2.24. The lowest BCUT2D eigenvalue weighted by atomic mass is 10.1. The Morgan fingerprint density at radius 1 is 0.947 bits per heavy atom. The van der Waals surface area contributed by atoms with Crippen LogP contribution in [0.4, 0.5) is 11.5 Å². The van der Waals surface area contributed by atoms with Gasteiger partial charge in [-0.25, -0.2) is 9.97 Å². The number of benzene rings is 2. The van der Waals surface area contributed by atoms with E-state index in [2.05, 4.69) is 15.3 Å². The summed E-state index contributed by atoms with van der Waals surface area (Å²) in [6.45, 7) is 0.492. The molecule has 0 unspecified atom stereocenters. The smallest absolute Gasteiger partial charge is 0.141 e. The first-order chi connectivity index (χ1) is 9.38. The highest BCUT2D eigenvalue weighted by Gasteiger charge is 2.05. The van der Waals surface area contributed by atoms with Crippen molar-refractivity contribution in [3.05, 3.63) is 60.4 Å². The minimum atomic E-state index is 0.492. The van der Waals surface area contributed by atoms with Gasteiger partial charge in [0.15, 0.2) is 0 Å². The molecule has 4 nitrogen and oxygen atoms in total. The van der Waals surface area contributed by atoms with E-state index in [9.17, 15) is 0 Å². The molecule has 0 saturated heterocycles. The van der Waals surface area contributed by atoms with Gasteiger partial charge in [-0.05, 0) is 23.8 Å². The fraction of sp³-hybridized carbons (Fsp3) is 0.0667. The summed E-state index contributed by atoms with van der Waals surface area (Å²) < 4.78 is 0. The number of fused-ring (bicyclic) bond motifs is 1. The van der Waals surface area contributed by atoms with Crippen molar-refractivity contribution in [1.82, 2.24) is 9.97 Å². The van der Waals surface area contributed by atoms with E-state index in [1.54, 1.807) is 6.33 Å². The molecule has 0 atom stereocenters. The Hall–Kier alpha value is -2.46. The fourth-order valence-electron chi connectivity index (χ4n) is 2.05. The summed E-state index contributed by atoms with van der Waals surface area (Å²) in [6.07, 6.45) is 1.57. The van der Waals surface area contributed by atoms with Crippen LogP contribution in [0, 0.1) is 0 Å². The highest BCUT2D eigenvalue weighted by molar-refractivity contribution is 5.90. The van der Waals surface area contributed by atoms with Crippen LogP contribution in [-0.4, -0.2) is 9.97 Å². The van der Waals surface area contributed by atoms with E-state index in [1.165, 1.54) is 0 Å². The summed E-state index contributed by atoms with van der Waals surface area (Å²) >= 11 is 0. The second-order valence-corrected chi connectivity index (χ2v) is 4.23. The van der Waals surface area contributed by atoms with Crippen LogP contribution in [-0.2, 0) is 6.54 Å². The van der Waals surface area contributed by atoms with Crippen molar-refractivity contribution in [2.45, 2.75) is 6.54 Å². The number of nitrogens with zero attached hydrogens (tertiary/aromatic N) is 2. The normalized spacial score (nSPS) is 10.6. The molecular weight excluding hydrogens is 236 g/mol.